The molecule has 3 nitrogen and oxygen atoms in total. The Morgan fingerprint density at radius 3 is 2.07 bits per heavy atom. The molecule has 0 amide bonds. The molecule has 1 aromatic rings. The second-order valence-corrected chi connectivity index (χ2v) is 3.50. The summed E-state index contributed by atoms with van der Waals surface area (Å²) in [6.45, 7) is 4.17. The first-order valence-electron chi connectivity index (χ1n) is 5.30. The summed E-state index contributed by atoms with van der Waals surface area (Å²) in [6.07, 6.45) is 2.18. The first-order chi connectivity index (χ1) is 7.17. The van der Waals surface area contributed by atoms with E-state index in [-0.39, 0.29) is 6.10 Å². The van der Waals surface area contributed by atoms with Crippen molar-refractivity contribution in [2.24, 2.45) is 0 Å². The molecule has 0 saturated carbocycles. The van der Waals surface area contributed by atoms with Crippen LogP contribution in [0.2, 0.25) is 0 Å². The van der Waals surface area contributed by atoms with E-state index in [2.05, 4.69) is 13.8 Å². The lowest BCUT2D eigenvalue weighted by molar-refractivity contribution is 0.193. The summed E-state index contributed by atoms with van der Waals surface area (Å²) in [6, 6.07) is 6.82. The topological polar surface area (TPSA) is 49.7 Å². The smallest absolute Gasteiger partial charge is 0.488 e. The van der Waals surface area contributed by atoms with E-state index in [4.69, 9.17) is 14.8 Å². The van der Waals surface area contributed by atoms with E-state index in [1.165, 1.54) is 0 Å². The molecule has 0 aliphatic carbocycles. The molecule has 15 heavy (non-hydrogen) atoms. The molecular weight excluding hydrogens is 191 g/mol. The number of ether oxygens (including phenoxy) is 1. The Hall–Kier alpha value is -0.995. The maximum Gasteiger partial charge on any atom is 0.488 e. The van der Waals surface area contributed by atoms with Crippen molar-refractivity contribution in [2.45, 2.75) is 32.8 Å². The molecule has 0 atom stereocenters. The molecule has 4 heteroatoms. The van der Waals surface area contributed by atoms with Crippen molar-refractivity contribution in [1.82, 2.24) is 0 Å². The Morgan fingerprint density at radius 1 is 1.13 bits per heavy atom. The van der Waals surface area contributed by atoms with Crippen LogP contribution in [0.25, 0.3) is 0 Å². The minimum Gasteiger partial charge on any atom is -0.490 e. The average molecular weight is 208 g/mol. The van der Waals surface area contributed by atoms with Gasteiger partial charge in [-0.15, -0.1) is 0 Å². The van der Waals surface area contributed by atoms with Gasteiger partial charge in [-0.1, -0.05) is 26.0 Å². The number of rotatable bonds is 5. The lowest BCUT2D eigenvalue weighted by atomic mass is 9.80. The number of hydrogen-bond donors (Lipinski definition) is 2. The molecule has 0 aliphatic heterocycles. The van der Waals surface area contributed by atoms with Crippen molar-refractivity contribution in [2.75, 3.05) is 0 Å². The van der Waals surface area contributed by atoms with Crippen LogP contribution in [0.5, 0.6) is 5.75 Å². The van der Waals surface area contributed by atoms with Crippen LogP contribution in [0.3, 0.4) is 0 Å². The van der Waals surface area contributed by atoms with Crippen molar-refractivity contribution in [3.05, 3.63) is 24.3 Å². The van der Waals surface area contributed by atoms with Crippen molar-refractivity contribution >= 4 is 12.6 Å². The Labute approximate surface area is 90.9 Å². The molecule has 0 aromatic heterocycles. The first-order valence-corrected chi connectivity index (χ1v) is 5.30. The van der Waals surface area contributed by atoms with Gasteiger partial charge < -0.3 is 14.8 Å². The van der Waals surface area contributed by atoms with Gasteiger partial charge in [0.15, 0.2) is 0 Å². The molecule has 0 radical (unpaired) electrons. The van der Waals surface area contributed by atoms with E-state index in [0.717, 1.165) is 18.6 Å². The maximum absolute atomic E-state index is 8.90. The van der Waals surface area contributed by atoms with Gasteiger partial charge in [-0.2, -0.15) is 0 Å². The van der Waals surface area contributed by atoms with Crippen LogP contribution >= 0.6 is 0 Å². The fourth-order valence-corrected chi connectivity index (χ4v) is 1.37. The van der Waals surface area contributed by atoms with Crippen LogP contribution in [-0.4, -0.2) is 23.3 Å². The van der Waals surface area contributed by atoms with Crippen LogP contribution in [0, 0.1) is 0 Å². The summed E-state index contributed by atoms with van der Waals surface area (Å²) in [5.74, 6) is 0.771. The monoisotopic (exact) mass is 208 g/mol. The minimum atomic E-state index is -1.41. The standard InChI is InChI=1S/C11H17BO3/c1-3-10(4-2)15-11-7-5-9(6-8-11)12(13)14/h5-8,10,13-14H,3-4H2,1-2H3. The molecule has 1 aromatic carbocycles. The Morgan fingerprint density at radius 2 is 1.67 bits per heavy atom. The van der Waals surface area contributed by atoms with Crippen LogP contribution in [0.1, 0.15) is 26.7 Å². The van der Waals surface area contributed by atoms with Gasteiger partial charge in [0, 0.05) is 0 Å². The minimum absolute atomic E-state index is 0.231. The predicted molar refractivity (Wildman–Crippen MR) is 61.3 cm³/mol. The maximum atomic E-state index is 8.90. The quantitative estimate of drug-likeness (QED) is 0.707. The third kappa shape index (κ3) is 3.57. The van der Waals surface area contributed by atoms with Gasteiger partial charge in [0.2, 0.25) is 0 Å². The summed E-state index contributed by atoms with van der Waals surface area (Å²) >= 11 is 0. The van der Waals surface area contributed by atoms with E-state index in [1.807, 2.05) is 0 Å². The second-order valence-electron chi connectivity index (χ2n) is 3.50. The predicted octanol–water partition coefficient (Wildman–Crippen LogP) is 0.934. The summed E-state index contributed by atoms with van der Waals surface area (Å²) in [5, 5.41) is 17.8. The number of hydrogen-bond acceptors (Lipinski definition) is 3. The van der Waals surface area contributed by atoms with E-state index in [0.29, 0.717) is 5.46 Å². The fourth-order valence-electron chi connectivity index (χ4n) is 1.37. The van der Waals surface area contributed by atoms with Crippen LogP contribution < -0.4 is 10.2 Å². The van der Waals surface area contributed by atoms with E-state index in [9.17, 15) is 0 Å². The average Bonchev–Trinajstić information content (AvgIpc) is 2.26. The Kier molecular flexibility index (Phi) is 4.65. The molecule has 0 unspecified atom stereocenters. The molecule has 1 rings (SSSR count). The highest BCUT2D eigenvalue weighted by Gasteiger charge is 2.11. The highest BCUT2D eigenvalue weighted by molar-refractivity contribution is 6.58. The van der Waals surface area contributed by atoms with Gasteiger partial charge in [-0.3, -0.25) is 0 Å². The summed E-state index contributed by atoms with van der Waals surface area (Å²) < 4.78 is 5.68. The van der Waals surface area contributed by atoms with Gasteiger partial charge in [-0.05, 0) is 30.4 Å². The molecule has 2 N–H and O–H groups in total. The zero-order valence-corrected chi connectivity index (χ0v) is 9.18. The van der Waals surface area contributed by atoms with Crippen LogP contribution in [0.4, 0.5) is 0 Å². The molecule has 0 spiro atoms. The Bertz CT molecular complexity index is 280. The lowest BCUT2D eigenvalue weighted by Gasteiger charge is -2.15. The van der Waals surface area contributed by atoms with Crippen LogP contribution in [0.15, 0.2) is 24.3 Å². The molecular formula is C11H17BO3. The fraction of sp³-hybridized carbons (Fsp3) is 0.455. The van der Waals surface area contributed by atoms with Gasteiger partial charge >= 0.3 is 7.12 Å². The Balaban J connectivity index is 2.63. The SMILES string of the molecule is CCC(CC)Oc1ccc(B(O)O)cc1. The second kappa shape index (κ2) is 5.78. The molecule has 0 fully saturated rings. The normalized spacial score (nSPS) is 10.5. The van der Waals surface area contributed by atoms with E-state index >= 15 is 0 Å². The van der Waals surface area contributed by atoms with E-state index < -0.39 is 7.12 Å². The molecule has 0 aliphatic rings. The summed E-state index contributed by atoms with van der Waals surface area (Å²) in [5.41, 5.74) is 0.479. The highest BCUT2D eigenvalue weighted by atomic mass is 16.5. The van der Waals surface area contributed by atoms with Gasteiger partial charge in [0.1, 0.15) is 5.75 Å². The molecule has 0 bridgehead atoms. The zero-order chi connectivity index (χ0) is 11.3. The highest BCUT2D eigenvalue weighted by Crippen LogP contribution is 2.13. The molecule has 82 valence electrons. The summed E-state index contributed by atoms with van der Waals surface area (Å²) in [7, 11) is -1.41. The van der Waals surface area contributed by atoms with Crippen molar-refractivity contribution < 1.29 is 14.8 Å². The molecule has 0 heterocycles. The van der Waals surface area contributed by atoms with Gasteiger partial charge in [0.25, 0.3) is 0 Å². The van der Waals surface area contributed by atoms with E-state index in [1.54, 1.807) is 24.3 Å². The van der Waals surface area contributed by atoms with Crippen LogP contribution in [-0.2, 0) is 0 Å². The largest absolute Gasteiger partial charge is 0.490 e. The van der Waals surface area contributed by atoms with Crippen molar-refractivity contribution in [1.29, 1.82) is 0 Å². The third-order valence-corrected chi connectivity index (χ3v) is 2.39. The first kappa shape index (κ1) is 12.1. The zero-order valence-electron chi connectivity index (χ0n) is 9.18. The molecule has 0 saturated heterocycles. The summed E-state index contributed by atoms with van der Waals surface area (Å²) in [4.78, 5) is 0. The van der Waals surface area contributed by atoms with Gasteiger partial charge in [0.05, 0.1) is 6.10 Å². The van der Waals surface area contributed by atoms with Crippen molar-refractivity contribution in [3.8, 4) is 5.75 Å². The van der Waals surface area contributed by atoms with Crippen molar-refractivity contribution in [3.63, 3.8) is 0 Å². The number of benzene rings is 1. The lowest BCUT2D eigenvalue weighted by Crippen LogP contribution is -2.29. The third-order valence-electron chi connectivity index (χ3n) is 2.39. The van der Waals surface area contributed by atoms with Gasteiger partial charge in [-0.25, -0.2) is 0 Å².